The lowest BCUT2D eigenvalue weighted by atomic mass is 9.92. The molecule has 1 saturated heterocycles. The van der Waals surface area contributed by atoms with Gasteiger partial charge in [-0.1, -0.05) is 0 Å². The minimum absolute atomic E-state index is 0.00848. The van der Waals surface area contributed by atoms with Crippen LogP contribution in [0, 0.1) is 11.8 Å². The third-order valence-electron chi connectivity index (χ3n) is 6.13. The van der Waals surface area contributed by atoms with Crippen molar-refractivity contribution in [1.29, 1.82) is 0 Å². The van der Waals surface area contributed by atoms with Crippen LogP contribution in [0.15, 0.2) is 24.5 Å². The molecule has 0 amide bonds. The van der Waals surface area contributed by atoms with E-state index < -0.39 is 24.8 Å². The Kier molecular flexibility index (Phi) is 5.14. The molecule has 3 aromatic heterocycles. The first-order chi connectivity index (χ1) is 15.3. The molecule has 1 saturated carbocycles. The summed E-state index contributed by atoms with van der Waals surface area (Å²) >= 11 is 0. The van der Waals surface area contributed by atoms with Crippen LogP contribution in [0.2, 0.25) is 0 Å². The topological polar surface area (TPSA) is 93.4 Å². The molecule has 4 heterocycles. The summed E-state index contributed by atoms with van der Waals surface area (Å²) in [6, 6.07) is 2.14. The first kappa shape index (κ1) is 20.9. The van der Waals surface area contributed by atoms with Crippen LogP contribution in [0.5, 0.6) is 0 Å². The molecule has 4 atom stereocenters. The van der Waals surface area contributed by atoms with Crippen molar-refractivity contribution in [3.05, 3.63) is 35.9 Å². The van der Waals surface area contributed by atoms with Crippen molar-refractivity contribution in [2.75, 3.05) is 18.4 Å². The predicted molar refractivity (Wildman–Crippen MR) is 103 cm³/mol. The molecule has 32 heavy (non-hydrogen) atoms. The highest BCUT2D eigenvalue weighted by Crippen LogP contribution is 2.48. The molecule has 0 aromatic carbocycles. The Balaban J connectivity index is 1.35. The number of rotatable bonds is 5. The number of halogens is 5. The first-order valence-electron chi connectivity index (χ1n) is 10.2. The average molecular weight is 454 g/mol. The summed E-state index contributed by atoms with van der Waals surface area (Å²) in [6.07, 6.45) is -2.54. The van der Waals surface area contributed by atoms with E-state index in [1.54, 1.807) is 10.9 Å². The summed E-state index contributed by atoms with van der Waals surface area (Å²) in [5, 5.41) is 17.5. The van der Waals surface area contributed by atoms with Gasteiger partial charge in [0.2, 0.25) is 0 Å². The molecule has 0 spiro atoms. The number of nitrogens with zero attached hydrogens (tertiary/aromatic N) is 6. The first-order valence-corrected chi connectivity index (χ1v) is 10.2. The second kappa shape index (κ2) is 7.87. The van der Waals surface area contributed by atoms with E-state index in [9.17, 15) is 22.0 Å². The van der Waals surface area contributed by atoms with Gasteiger partial charge < -0.3 is 10.6 Å². The van der Waals surface area contributed by atoms with Crippen LogP contribution in [-0.4, -0.2) is 49.5 Å². The maximum atomic E-state index is 12.8. The zero-order valence-electron chi connectivity index (χ0n) is 16.6. The van der Waals surface area contributed by atoms with Crippen LogP contribution in [0.3, 0.4) is 0 Å². The highest BCUT2D eigenvalue weighted by molar-refractivity contribution is 5.71. The van der Waals surface area contributed by atoms with E-state index in [1.807, 2.05) is 0 Å². The second-order valence-corrected chi connectivity index (χ2v) is 8.10. The Hall–Kier alpha value is -2.96. The Labute approximate surface area is 178 Å². The molecule has 3 aromatic rings. The lowest BCUT2D eigenvalue weighted by Crippen LogP contribution is -2.22. The van der Waals surface area contributed by atoms with E-state index in [2.05, 4.69) is 35.9 Å². The van der Waals surface area contributed by atoms with E-state index in [-0.39, 0.29) is 23.8 Å². The summed E-state index contributed by atoms with van der Waals surface area (Å²) in [4.78, 5) is 8.64. The number of hydrogen-bond donors (Lipinski definition) is 2. The SMILES string of the molecule is FC(F)CNc1cnc2cnn([C@H]3C[C@@H]4CN[C@H](c5ccc(C(F)(F)F)nn5)[C@H]4C3)c2n1. The molecule has 8 nitrogen and oxygen atoms in total. The van der Waals surface area contributed by atoms with Gasteiger partial charge in [0, 0.05) is 0 Å². The van der Waals surface area contributed by atoms with E-state index in [1.165, 1.54) is 12.3 Å². The number of nitrogens with one attached hydrogen (secondary N) is 2. The Morgan fingerprint density at radius 2 is 2.00 bits per heavy atom. The van der Waals surface area contributed by atoms with Gasteiger partial charge in [-0.3, -0.25) is 0 Å². The highest BCUT2D eigenvalue weighted by Gasteiger charge is 2.46. The van der Waals surface area contributed by atoms with Gasteiger partial charge in [0.25, 0.3) is 6.43 Å². The Morgan fingerprint density at radius 3 is 2.72 bits per heavy atom. The molecule has 2 aliphatic rings. The molecule has 13 heteroatoms. The smallest absolute Gasteiger partial charge is 0.363 e. The van der Waals surface area contributed by atoms with Gasteiger partial charge in [-0.15, -0.1) is 5.10 Å². The molecule has 2 N–H and O–H groups in total. The number of alkyl halides is 5. The number of hydrogen-bond acceptors (Lipinski definition) is 7. The largest absolute Gasteiger partial charge is 0.435 e. The van der Waals surface area contributed by atoms with Crippen LogP contribution in [0.1, 0.15) is 36.3 Å². The number of aromatic nitrogens is 6. The fourth-order valence-electron chi connectivity index (χ4n) is 4.74. The van der Waals surface area contributed by atoms with Crippen LogP contribution in [0.4, 0.5) is 27.8 Å². The summed E-state index contributed by atoms with van der Waals surface area (Å²) in [6.45, 7) is 0.185. The summed E-state index contributed by atoms with van der Waals surface area (Å²) in [5.74, 6) is 0.692. The van der Waals surface area contributed by atoms with E-state index in [0.717, 1.165) is 18.9 Å². The summed E-state index contributed by atoms with van der Waals surface area (Å²) in [5.41, 5.74) is 0.536. The standard InChI is InChI=1S/C19H19F5N8/c20-15(21)7-26-16-8-25-13-6-28-32(18(13)29-16)10-3-9-5-27-17(11(9)4-10)12-1-2-14(31-30-12)19(22,23)24/h1-2,6,8-11,15,17,27H,3-5,7H2,(H,26,29)/t9-,10+,11+,17+/m1/s1. The van der Waals surface area contributed by atoms with Crippen molar-refractivity contribution in [1.82, 2.24) is 35.3 Å². The van der Waals surface area contributed by atoms with Gasteiger partial charge in [0.15, 0.2) is 11.3 Å². The Bertz CT molecular complexity index is 1100. The minimum atomic E-state index is -4.53. The van der Waals surface area contributed by atoms with Crippen molar-refractivity contribution in [3.63, 3.8) is 0 Å². The van der Waals surface area contributed by atoms with Crippen LogP contribution in [0.25, 0.3) is 11.2 Å². The normalized spacial score (nSPS) is 25.6. The highest BCUT2D eigenvalue weighted by atomic mass is 19.4. The maximum absolute atomic E-state index is 12.8. The summed E-state index contributed by atoms with van der Waals surface area (Å²) < 4.78 is 65.1. The van der Waals surface area contributed by atoms with E-state index in [0.29, 0.717) is 29.3 Å². The lowest BCUT2D eigenvalue weighted by Gasteiger charge is -2.19. The lowest BCUT2D eigenvalue weighted by molar-refractivity contribution is -0.141. The molecule has 0 radical (unpaired) electrons. The van der Waals surface area contributed by atoms with Gasteiger partial charge in [-0.25, -0.2) is 23.4 Å². The molecule has 0 unspecified atom stereocenters. The van der Waals surface area contributed by atoms with Gasteiger partial charge >= 0.3 is 6.18 Å². The predicted octanol–water partition coefficient (Wildman–Crippen LogP) is 3.22. The fourth-order valence-corrected chi connectivity index (χ4v) is 4.74. The van der Waals surface area contributed by atoms with Crippen molar-refractivity contribution < 1.29 is 22.0 Å². The van der Waals surface area contributed by atoms with Crippen LogP contribution >= 0.6 is 0 Å². The monoisotopic (exact) mass is 454 g/mol. The van der Waals surface area contributed by atoms with Crippen molar-refractivity contribution in [2.45, 2.75) is 37.5 Å². The molecule has 2 fully saturated rings. The van der Waals surface area contributed by atoms with Gasteiger partial charge in [-0.2, -0.15) is 23.4 Å². The van der Waals surface area contributed by atoms with Crippen molar-refractivity contribution in [2.24, 2.45) is 11.8 Å². The maximum Gasteiger partial charge on any atom is 0.435 e. The van der Waals surface area contributed by atoms with Crippen LogP contribution < -0.4 is 10.6 Å². The Morgan fingerprint density at radius 1 is 1.16 bits per heavy atom. The van der Waals surface area contributed by atoms with Gasteiger partial charge in [-0.05, 0) is 43.4 Å². The van der Waals surface area contributed by atoms with E-state index in [4.69, 9.17) is 0 Å². The van der Waals surface area contributed by atoms with Gasteiger partial charge in [0.05, 0.1) is 36.7 Å². The number of fused-ring (bicyclic) bond motifs is 2. The zero-order chi connectivity index (χ0) is 22.5. The average Bonchev–Trinajstić information content (AvgIpc) is 3.45. The van der Waals surface area contributed by atoms with Crippen molar-refractivity contribution in [3.8, 4) is 0 Å². The third-order valence-corrected chi connectivity index (χ3v) is 6.13. The molecule has 1 aliphatic heterocycles. The minimum Gasteiger partial charge on any atom is -0.363 e. The molecule has 5 rings (SSSR count). The molecular formula is C19H19F5N8. The zero-order valence-corrected chi connectivity index (χ0v) is 16.6. The van der Waals surface area contributed by atoms with Gasteiger partial charge in [0.1, 0.15) is 11.3 Å². The molecule has 1 aliphatic carbocycles. The summed E-state index contributed by atoms with van der Waals surface area (Å²) in [7, 11) is 0. The third kappa shape index (κ3) is 3.85. The van der Waals surface area contributed by atoms with Crippen molar-refractivity contribution >= 4 is 17.0 Å². The molecule has 0 bridgehead atoms. The molecule has 170 valence electrons. The quantitative estimate of drug-likeness (QED) is 0.572. The van der Waals surface area contributed by atoms with Crippen LogP contribution in [-0.2, 0) is 6.18 Å². The fraction of sp³-hybridized carbons (Fsp3) is 0.526. The molecular weight excluding hydrogens is 435 g/mol. The van der Waals surface area contributed by atoms with E-state index >= 15 is 0 Å². The second-order valence-electron chi connectivity index (χ2n) is 8.10. The number of anilines is 1.